The molecule has 0 saturated carbocycles. The van der Waals surface area contributed by atoms with Crippen LogP contribution in [0.15, 0.2) is 84.9 Å². The van der Waals surface area contributed by atoms with E-state index in [9.17, 15) is 0 Å². The van der Waals surface area contributed by atoms with Crippen LogP contribution in [-0.4, -0.2) is 9.52 Å². The number of hydrogen-bond acceptors (Lipinski definition) is 0. The second-order valence-electron chi connectivity index (χ2n) is 12.3. The maximum atomic E-state index is 4.93. The second-order valence-corrected chi connectivity index (χ2v) is 17.0. The summed E-state index contributed by atoms with van der Waals surface area (Å²) in [6.07, 6.45) is 2.14. The van der Waals surface area contributed by atoms with E-state index in [1.165, 1.54) is 88.3 Å². The van der Waals surface area contributed by atoms with Gasteiger partial charge in [-0.25, -0.2) is 0 Å². The van der Waals surface area contributed by atoms with Crippen LogP contribution in [0.25, 0.3) is 43.8 Å². The molecule has 0 aliphatic rings. The van der Waals surface area contributed by atoms with Crippen molar-refractivity contribution in [3.8, 4) is 22.3 Å². The predicted molar refractivity (Wildman–Crippen MR) is 206 cm³/mol. The summed E-state index contributed by atoms with van der Waals surface area (Å²) >= 11 is -0.826. The maximum absolute atomic E-state index is 4.93. The van der Waals surface area contributed by atoms with Crippen LogP contribution in [0.4, 0.5) is 0 Å². The van der Waals surface area contributed by atoms with Gasteiger partial charge < -0.3 is 0 Å². The number of benzene rings is 4. The fraction of sp³-hybridized carbons (Fsp3) is 0.286. The van der Waals surface area contributed by atoms with Crippen LogP contribution in [-0.2, 0) is 33.7 Å². The van der Waals surface area contributed by atoms with E-state index in [0.717, 1.165) is 22.4 Å². The van der Waals surface area contributed by atoms with Gasteiger partial charge in [0.2, 0.25) is 0 Å². The molecular formula is C42H48Cl2SiZr. The molecule has 46 heavy (non-hydrogen) atoms. The van der Waals surface area contributed by atoms with Crippen LogP contribution >= 0.6 is 17.0 Å². The van der Waals surface area contributed by atoms with Crippen molar-refractivity contribution in [2.75, 3.05) is 0 Å². The Morgan fingerprint density at radius 3 is 1.13 bits per heavy atom. The zero-order valence-electron chi connectivity index (χ0n) is 29.3. The summed E-state index contributed by atoms with van der Waals surface area (Å²) in [7, 11) is 11.0. The van der Waals surface area contributed by atoms with E-state index in [-0.39, 0.29) is 0 Å². The molecule has 0 aromatic heterocycles. The Bertz CT molecular complexity index is 1700. The summed E-state index contributed by atoms with van der Waals surface area (Å²) in [5, 5.41) is 5.50. The van der Waals surface area contributed by atoms with Gasteiger partial charge in [0.25, 0.3) is 0 Å². The van der Waals surface area contributed by atoms with Gasteiger partial charge in [0.1, 0.15) is 0 Å². The van der Waals surface area contributed by atoms with Crippen molar-refractivity contribution < 1.29 is 20.8 Å². The Morgan fingerprint density at radius 1 is 0.543 bits per heavy atom. The quantitative estimate of drug-likeness (QED) is 0.125. The molecule has 4 heteroatoms. The van der Waals surface area contributed by atoms with Gasteiger partial charge >= 0.3 is 37.9 Å². The first-order valence-corrected chi connectivity index (χ1v) is 24.4. The second kappa shape index (κ2) is 18.4. The molecule has 0 aliphatic heterocycles. The molecule has 238 valence electrons. The molecule has 0 unspecified atom stereocenters. The van der Waals surface area contributed by atoms with E-state index in [0.29, 0.717) is 0 Å². The zero-order valence-corrected chi connectivity index (χ0v) is 34.2. The fourth-order valence-corrected chi connectivity index (χ4v) is 6.46. The van der Waals surface area contributed by atoms with E-state index >= 15 is 0 Å². The van der Waals surface area contributed by atoms with E-state index < -0.39 is 20.8 Å². The van der Waals surface area contributed by atoms with Crippen LogP contribution in [0.1, 0.15) is 58.4 Å². The Balaban J connectivity index is 0.000000214. The number of hydrogen-bond donors (Lipinski definition) is 0. The molecule has 6 aromatic rings. The van der Waals surface area contributed by atoms with Gasteiger partial charge in [0.05, 0.1) is 0 Å². The standard InChI is InChI=1S/2C20H21.C2H6Si.2ClH.Zr/c2*1-5-16-6-7-17-9-15(4)12-19(17)20(16)18-10-13(2)8-14(3)11-18;1-3-2;;;/h2*6-12H,5H2,1-4H3;1-2H3;2*1H;/q2*-1;;;;+4/p-2. The molecule has 0 saturated heterocycles. The van der Waals surface area contributed by atoms with Crippen molar-refractivity contribution in [2.24, 2.45) is 0 Å². The molecule has 0 amide bonds. The Labute approximate surface area is 299 Å². The summed E-state index contributed by atoms with van der Waals surface area (Å²) in [6, 6.07) is 32.0. The normalized spacial score (nSPS) is 10.3. The molecule has 6 aromatic carbocycles. The van der Waals surface area contributed by atoms with E-state index in [1.807, 2.05) is 0 Å². The van der Waals surface area contributed by atoms with E-state index in [4.69, 9.17) is 17.0 Å². The van der Waals surface area contributed by atoms with Crippen molar-refractivity contribution >= 4 is 48.1 Å². The molecule has 0 atom stereocenters. The molecule has 0 nitrogen and oxygen atoms in total. The number of rotatable bonds is 4. The average molecular weight is 743 g/mol. The topological polar surface area (TPSA) is 0 Å². The van der Waals surface area contributed by atoms with Gasteiger partial charge in [0.15, 0.2) is 0 Å². The average Bonchev–Trinajstić information content (AvgIpc) is 3.56. The van der Waals surface area contributed by atoms with Gasteiger partial charge in [-0.05, 0) is 51.7 Å². The van der Waals surface area contributed by atoms with Gasteiger partial charge in [-0.2, -0.15) is 12.1 Å². The molecule has 0 fully saturated rings. The van der Waals surface area contributed by atoms with E-state index in [1.54, 1.807) is 0 Å². The van der Waals surface area contributed by atoms with Crippen LogP contribution in [0.3, 0.4) is 0 Å². The van der Waals surface area contributed by atoms with Crippen molar-refractivity contribution in [1.29, 1.82) is 0 Å². The molecule has 0 N–H and O–H groups in total. The van der Waals surface area contributed by atoms with Gasteiger partial charge in [-0.1, -0.05) is 122 Å². The monoisotopic (exact) mass is 740 g/mol. The SMILES string of the molecule is CCc1ccc2[cH-]c(C)cc2c1-c1cc(C)cc(C)c1.CCc1ccc2[cH-]c(C)cc2c1-c1cc(C)cc(C)c1.C[Si]C.[Cl][Zr+2][Cl]. The van der Waals surface area contributed by atoms with Crippen molar-refractivity contribution in [3.63, 3.8) is 0 Å². The third-order valence-electron chi connectivity index (χ3n) is 8.02. The summed E-state index contributed by atoms with van der Waals surface area (Å²) in [4.78, 5) is 0. The van der Waals surface area contributed by atoms with Gasteiger partial charge in [-0.15, -0.1) is 69.1 Å². The molecule has 6 rings (SSSR count). The number of aryl methyl sites for hydroxylation is 8. The zero-order chi connectivity index (χ0) is 34.0. The van der Waals surface area contributed by atoms with Crippen LogP contribution in [0, 0.1) is 41.5 Å². The van der Waals surface area contributed by atoms with Crippen molar-refractivity contribution in [3.05, 3.63) is 129 Å². The Kier molecular flexibility index (Phi) is 15.3. The Hall–Kier alpha value is -2.22. The molecule has 0 aliphatic carbocycles. The fourth-order valence-electron chi connectivity index (χ4n) is 6.46. The first kappa shape index (κ1) is 38.2. The predicted octanol–water partition coefficient (Wildman–Crippen LogP) is 13.6. The molecule has 2 radical (unpaired) electrons. The third kappa shape index (κ3) is 9.90. The van der Waals surface area contributed by atoms with Crippen LogP contribution < -0.4 is 0 Å². The summed E-state index contributed by atoms with van der Waals surface area (Å²) in [5.74, 6) is 0. The minimum atomic E-state index is -0.826. The number of fused-ring (bicyclic) bond motifs is 2. The summed E-state index contributed by atoms with van der Waals surface area (Å²) in [5.41, 5.74) is 16.5. The van der Waals surface area contributed by atoms with E-state index in [2.05, 4.69) is 153 Å². The van der Waals surface area contributed by atoms with Crippen molar-refractivity contribution in [1.82, 2.24) is 0 Å². The van der Waals surface area contributed by atoms with Crippen LogP contribution in [0.2, 0.25) is 13.1 Å². The van der Waals surface area contributed by atoms with Crippen LogP contribution in [0.5, 0.6) is 0 Å². The number of halogens is 2. The third-order valence-corrected chi connectivity index (χ3v) is 8.02. The van der Waals surface area contributed by atoms with Gasteiger partial charge in [0, 0.05) is 9.52 Å². The molecule has 0 bridgehead atoms. The minimum absolute atomic E-state index is 0.826. The molecular weight excluding hydrogens is 695 g/mol. The first-order chi connectivity index (χ1) is 22.0. The molecule has 0 spiro atoms. The first-order valence-electron chi connectivity index (χ1n) is 16.1. The Morgan fingerprint density at radius 2 is 0.848 bits per heavy atom. The summed E-state index contributed by atoms with van der Waals surface area (Å²) < 4.78 is 0. The van der Waals surface area contributed by atoms with Crippen molar-refractivity contribution in [2.45, 2.75) is 81.3 Å². The summed E-state index contributed by atoms with van der Waals surface area (Å²) in [6.45, 7) is 21.9. The van der Waals surface area contributed by atoms with Gasteiger partial charge in [-0.3, -0.25) is 0 Å². The molecule has 0 heterocycles.